The van der Waals surface area contributed by atoms with E-state index >= 15 is 0 Å². The quantitative estimate of drug-likeness (QED) is 0.0139. The van der Waals surface area contributed by atoms with Crippen molar-refractivity contribution in [3.8, 4) is 16.9 Å². The normalized spacial score (nSPS) is 15.4. The third-order valence-electron chi connectivity index (χ3n) is 8.75. The molecule has 3 aromatic rings. The number of esters is 1. The van der Waals surface area contributed by atoms with Gasteiger partial charge in [0, 0.05) is 30.2 Å². The molecule has 27 heteroatoms. The van der Waals surface area contributed by atoms with Gasteiger partial charge in [0.25, 0.3) is 17.9 Å². The van der Waals surface area contributed by atoms with Gasteiger partial charge in [-0.25, -0.2) is 24.2 Å². The molecule has 3 heterocycles. The van der Waals surface area contributed by atoms with Gasteiger partial charge < -0.3 is 39.2 Å². The van der Waals surface area contributed by atoms with Crippen LogP contribution in [0.4, 0.5) is 25.3 Å². The predicted molar refractivity (Wildman–Crippen MR) is 252 cm³/mol. The number of carbonyl (C=O) groups is 6. The van der Waals surface area contributed by atoms with Crippen LogP contribution in [0.1, 0.15) is 88.3 Å². The number of oxime groups is 1. The monoisotopic (exact) mass is 1020 g/mol. The van der Waals surface area contributed by atoms with Crippen molar-refractivity contribution in [2.75, 3.05) is 30.4 Å². The maximum absolute atomic E-state index is 13.9. The maximum Gasteiger partial charge on any atom is 0.418 e. The first-order valence-corrected chi connectivity index (χ1v) is 23.7. The zero-order valence-electron chi connectivity index (χ0n) is 40.6. The second-order valence-electron chi connectivity index (χ2n) is 18.7. The molecule has 1 fully saturated rings. The number of alkyl carbamates (subject to hydrolysis) is 1. The number of anilines is 2. The van der Waals surface area contributed by atoms with Gasteiger partial charge in [-0.3, -0.25) is 29.5 Å². The van der Waals surface area contributed by atoms with E-state index in [1.165, 1.54) is 25.3 Å². The van der Waals surface area contributed by atoms with E-state index in [1.54, 1.807) is 97.5 Å². The van der Waals surface area contributed by atoms with Gasteiger partial charge in [0.2, 0.25) is 0 Å². The van der Waals surface area contributed by atoms with Crippen LogP contribution in [0.5, 0.6) is 5.75 Å². The number of benzene rings is 1. The van der Waals surface area contributed by atoms with Crippen LogP contribution in [0.3, 0.4) is 0 Å². The first-order chi connectivity index (χ1) is 32.3. The molecule has 0 spiro atoms. The molecule has 1 saturated heterocycles. The smallest absolute Gasteiger partial charge is 0.418 e. The fraction of sp³-hybridized carbons (Fsp3) is 0.512. The standard InChI is InChI=1S/C43H59N9O16S2/c1-13-21-62-38(57)47-32-27(22-51(49-32)20-14-19-44-37(56)65-41(5,6)7)25-15-17-26(18-16-25)63-23-29(35(55)64-40(2,3)4)67-50-30(28-24-69-36(45-28)48-39(58)66-42(8,9)10)33(53)46-31-34(54)52(43(31,11)12)68-70(59,60)61/h13,15-18,22,24,29,31H,1,14,19-21,23H2,2-12H3,(H,44,56)(H,46,53)(H,45,48,58)(H,47,49,57)(H,59,60,61)/b50-30-. The average molecular weight is 1020 g/mol. The Hall–Kier alpha value is -6.84. The second kappa shape index (κ2) is 22.7. The number of amides is 5. The molecule has 384 valence electrons. The van der Waals surface area contributed by atoms with Crippen LogP contribution < -0.4 is 26.0 Å². The fourth-order valence-electron chi connectivity index (χ4n) is 5.84. The maximum atomic E-state index is 13.9. The summed E-state index contributed by atoms with van der Waals surface area (Å²) >= 11 is 0.866. The lowest BCUT2D eigenvalue weighted by Gasteiger charge is -2.50. The highest BCUT2D eigenvalue weighted by atomic mass is 32.3. The van der Waals surface area contributed by atoms with Gasteiger partial charge >= 0.3 is 34.6 Å². The largest absolute Gasteiger partial charge is 0.489 e. The Kier molecular flexibility index (Phi) is 18.1. The predicted octanol–water partition coefficient (Wildman–Crippen LogP) is 5.35. The van der Waals surface area contributed by atoms with Crippen LogP contribution >= 0.6 is 11.3 Å². The van der Waals surface area contributed by atoms with Gasteiger partial charge in [0.15, 0.2) is 16.7 Å². The Morgan fingerprint density at radius 1 is 0.943 bits per heavy atom. The topological polar surface area (TPSA) is 316 Å². The third kappa shape index (κ3) is 17.3. The number of hydroxylamine groups is 2. The molecule has 5 N–H and O–H groups in total. The number of aryl methyl sites for hydroxylation is 1. The van der Waals surface area contributed by atoms with Gasteiger partial charge in [-0.2, -0.15) is 18.6 Å². The molecule has 1 aromatic carbocycles. The summed E-state index contributed by atoms with van der Waals surface area (Å²) in [7, 11) is -5.11. The number of hydrogen-bond donors (Lipinski definition) is 5. The molecule has 2 atom stereocenters. The highest BCUT2D eigenvalue weighted by molar-refractivity contribution is 7.80. The Balaban J connectivity index is 1.60. The van der Waals surface area contributed by atoms with Crippen LogP contribution in [0.2, 0.25) is 0 Å². The summed E-state index contributed by atoms with van der Waals surface area (Å²) in [6, 6.07) is 5.00. The van der Waals surface area contributed by atoms with Crippen molar-refractivity contribution in [3.05, 3.63) is 54.2 Å². The second-order valence-corrected chi connectivity index (χ2v) is 20.6. The van der Waals surface area contributed by atoms with Crippen molar-refractivity contribution < 1.29 is 74.5 Å². The van der Waals surface area contributed by atoms with Crippen molar-refractivity contribution in [1.82, 2.24) is 30.5 Å². The van der Waals surface area contributed by atoms with Crippen molar-refractivity contribution in [1.29, 1.82) is 0 Å². The lowest BCUT2D eigenvalue weighted by atomic mass is 9.84. The molecule has 4 rings (SSSR count). The summed E-state index contributed by atoms with van der Waals surface area (Å²) in [5.74, 6) is -2.72. The molecule has 0 saturated carbocycles. The van der Waals surface area contributed by atoms with E-state index in [-0.39, 0.29) is 35.5 Å². The van der Waals surface area contributed by atoms with E-state index in [0.717, 1.165) is 11.3 Å². The molecule has 1 aliphatic rings. The van der Waals surface area contributed by atoms with E-state index < -0.39 is 93.3 Å². The molecule has 2 unspecified atom stereocenters. The summed E-state index contributed by atoms with van der Waals surface area (Å²) in [5, 5.41) is 20.3. The minimum atomic E-state index is -5.11. The number of thiazole rings is 1. The Labute approximate surface area is 408 Å². The summed E-state index contributed by atoms with van der Waals surface area (Å²) in [6.07, 6.45) is -0.293. The van der Waals surface area contributed by atoms with Crippen LogP contribution in [0, 0.1) is 0 Å². The van der Waals surface area contributed by atoms with Crippen LogP contribution in [-0.4, -0.2) is 129 Å². The summed E-state index contributed by atoms with van der Waals surface area (Å²) < 4.78 is 65.1. The van der Waals surface area contributed by atoms with Gasteiger partial charge in [0.05, 0.1) is 5.54 Å². The van der Waals surface area contributed by atoms with Crippen LogP contribution in [0.15, 0.2) is 53.7 Å². The van der Waals surface area contributed by atoms with Crippen molar-refractivity contribution in [2.24, 2.45) is 5.16 Å². The highest BCUT2D eigenvalue weighted by Gasteiger charge is 2.58. The SMILES string of the molecule is C=CCOC(=O)Nc1nn(CCCNC(=O)OC(C)(C)C)cc1-c1ccc(OCC(O/N=C(\C(=O)NC2C(=O)N(OS(=O)(=O)O)C2(C)C)c2csc(NC(=O)OC(C)(C)C)n2)C(=O)OC(C)(C)C)cc1. The number of rotatable bonds is 20. The molecule has 2 aromatic heterocycles. The van der Waals surface area contributed by atoms with E-state index in [1.807, 2.05) is 0 Å². The van der Waals surface area contributed by atoms with Crippen LogP contribution in [0.25, 0.3) is 11.1 Å². The molecular formula is C43H59N9O16S2. The third-order valence-corrected chi connectivity index (χ3v) is 9.84. The highest BCUT2D eigenvalue weighted by Crippen LogP contribution is 2.33. The lowest BCUT2D eigenvalue weighted by molar-refractivity contribution is -0.218. The molecule has 1 aliphatic heterocycles. The fourth-order valence-corrected chi connectivity index (χ4v) is 6.97. The minimum Gasteiger partial charge on any atom is -0.489 e. The van der Waals surface area contributed by atoms with E-state index in [2.05, 4.69) is 47.4 Å². The molecule has 5 amide bonds. The first kappa shape index (κ1) is 55.8. The molecular weight excluding hydrogens is 963 g/mol. The van der Waals surface area contributed by atoms with Gasteiger partial charge in [-0.05, 0) is 100 Å². The van der Waals surface area contributed by atoms with Crippen LogP contribution in [-0.2, 0) is 59.4 Å². The number of aromatic nitrogens is 3. The number of ether oxygens (including phenoxy) is 5. The van der Waals surface area contributed by atoms with Crippen molar-refractivity contribution in [3.63, 3.8) is 0 Å². The number of nitrogens with zero attached hydrogens (tertiary/aromatic N) is 5. The number of carbonyl (C=O) groups excluding carboxylic acids is 6. The summed E-state index contributed by atoms with van der Waals surface area (Å²) in [5.41, 5.74) is -3.82. The van der Waals surface area contributed by atoms with Gasteiger partial charge in [0.1, 0.15) is 47.5 Å². The lowest BCUT2D eigenvalue weighted by Crippen LogP contribution is -2.76. The summed E-state index contributed by atoms with van der Waals surface area (Å²) in [6.45, 7) is 21.3. The molecule has 25 nitrogen and oxygen atoms in total. The van der Waals surface area contributed by atoms with Crippen molar-refractivity contribution in [2.45, 2.75) is 124 Å². The van der Waals surface area contributed by atoms with E-state index in [4.69, 9.17) is 28.5 Å². The first-order valence-electron chi connectivity index (χ1n) is 21.4. The van der Waals surface area contributed by atoms with Gasteiger partial charge in [-0.1, -0.05) is 29.9 Å². The zero-order chi connectivity index (χ0) is 52.4. The molecule has 0 radical (unpaired) electrons. The molecule has 0 aliphatic carbocycles. The number of nitrogens with one attached hydrogen (secondary N) is 4. The van der Waals surface area contributed by atoms with E-state index in [0.29, 0.717) is 29.2 Å². The Morgan fingerprint density at radius 2 is 1.57 bits per heavy atom. The molecule has 70 heavy (non-hydrogen) atoms. The zero-order valence-corrected chi connectivity index (χ0v) is 42.2. The Bertz CT molecular complexity index is 2540. The van der Waals surface area contributed by atoms with Crippen molar-refractivity contribution >= 4 is 74.5 Å². The minimum absolute atomic E-state index is 0.0385. The Morgan fingerprint density at radius 3 is 2.16 bits per heavy atom. The average Bonchev–Trinajstić information content (AvgIpc) is 3.85. The molecule has 0 bridgehead atoms. The van der Waals surface area contributed by atoms with E-state index in [9.17, 15) is 41.7 Å². The van der Waals surface area contributed by atoms with Gasteiger partial charge in [-0.15, -0.1) is 15.6 Å². The number of β-lactam (4-membered cyclic amide) rings is 1. The summed E-state index contributed by atoms with van der Waals surface area (Å²) in [4.78, 5) is 87.5. The number of hydrogen-bond acceptors (Lipinski definition) is 19.